The van der Waals surface area contributed by atoms with Gasteiger partial charge in [-0.1, -0.05) is 19.1 Å². The fourth-order valence-corrected chi connectivity index (χ4v) is 2.79. The second kappa shape index (κ2) is 7.36. The van der Waals surface area contributed by atoms with Gasteiger partial charge in [0, 0.05) is 25.2 Å². The van der Waals surface area contributed by atoms with Crippen LogP contribution >= 0.6 is 0 Å². The summed E-state index contributed by atoms with van der Waals surface area (Å²) in [4.78, 5) is 12.7. The Balaban J connectivity index is 1.87. The molecule has 1 fully saturated rings. The quantitative estimate of drug-likeness (QED) is 0.641. The van der Waals surface area contributed by atoms with E-state index in [4.69, 9.17) is 0 Å². The minimum absolute atomic E-state index is 0.164. The molecule has 5 nitrogen and oxygen atoms in total. The highest BCUT2D eigenvalue weighted by Crippen LogP contribution is 2.19. The Kier molecular flexibility index (Phi) is 5.49. The van der Waals surface area contributed by atoms with Crippen LogP contribution in [-0.4, -0.2) is 36.0 Å². The van der Waals surface area contributed by atoms with E-state index in [0.29, 0.717) is 0 Å². The third-order valence-corrected chi connectivity index (χ3v) is 3.84. The van der Waals surface area contributed by atoms with Gasteiger partial charge in [0.15, 0.2) is 0 Å². The summed E-state index contributed by atoms with van der Waals surface area (Å²) in [6.45, 7) is 7.38. The average Bonchev–Trinajstić information content (AvgIpc) is 2.46. The number of piperidine rings is 1. The topological polar surface area (TPSA) is 58.4 Å². The number of hydrogen-bond acceptors (Lipinski definition) is 4. The highest BCUT2D eigenvalue weighted by Gasteiger charge is 2.19. The number of nitrogens with zero attached hydrogens (tertiary/aromatic N) is 2. The maximum absolute atomic E-state index is 10.6. The molecule has 0 amide bonds. The molecule has 110 valence electrons. The van der Waals surface area contributed by atoms with E-state index in [9.17, 15) is 10.1 Å². The molecule has 1 aliphatic heterocycles. The van der Waals surface area contributed by atoms with Gasteiger partial charge in [-0.2, -0.15) is 0 Å². The van der Waals surface area contributed by atoms with Crippen LogP contribution < -0.4 is 5.32 Å². The van der Waals surface area contributed by atoms with Gasteiger partial charge in [-0.25, -0.2) is 0 Å². The summed E-state index contributed by atoms with van der Waals surface area (Å²) in [5, 5.41) is 14.1. The highest BCUT2D eigenvalue weighted by atomic mass is 16.6. The minimum atomic E-state index is -0.350. The third kappa shape index (κ3) is 4.28. The summed E-state index contributed by atoms with van der Waals surface area (Å²) in [6.07, 6.45) is 2.53. The van der Waals surface area contributed by atoms with Crippen molar-refractivity contribution in [3.63, 3.8) is 0 Å². The van der Waals surface area contributed by atoms with E-state index in [1.807, 2.05) is 12.1 Å². The van der Waals surface area contributed by atoms with Gasteiger partial charge in [-0.05, 0) is 44.0 Å². The van der Waals surface area contributed by atoms with Crippen LogP contribution in [0.25, 0.3) is 0 Å². The van der Waals surface area contributed by atoms with Crippen molar-refractivity contribution in [3.05, 3.63) is 39.9 Å². The van der Waals surface area contributed by atoms with Crippen molar-refractivity contribution in [3.8, 4) is 0 Å². The molecule has 0 radical (unpaired) electrons. The number of likely N-dealkylation sites (tertiary alicyclic amines) is 1. The Labute approximate surface area is 120 Å². The SMILES string of the molecule is CCNCC1CCCN(Cc2ccc([N+](=O)[O-])cc2)C1. The smallest absolute Gasteiger partial charge is 0.269 e. The summed E-state index contributed by atoms with van der Waals surface area (Å²) in [5.41, 5.74) is 1.32. The van der Waals surface area contributed by atoms with E-state index >= 15 is 0 Å². The Morgan fingerprint density at radius 3 is 2.80 bits per heavy atom. The Hall–Kier alpha value is -1.46. The first kappa shape index (κ1) is 14.9. The highest BCUT2D eigenvalue weighted by molar-refractivity contribution is 5.32. The first-order valence-electron chi connectivity index (χ1n) is 7.35. The van der Waals surface area contributed by atoms with Crippen LogP contribution in [0.1, 0.15) is 25.3 Å². The monoisotopic (exact) mass is 277 g/mol. The number of nitro groups is 1. The van der Waals surface area contributed by atoms with E-state index in [0.717, 1.165) is 44.2 Å². The van der Waals surface area contributed by atoms with Crippen LogP contribution in [0.5, 0.6) is 0 Å². The second-order valence-corrected chi connectivity index (χ2v) is 5.47. The summed E-state index contributed by atoms with van der Waals surface area (Å²) in [5.74, 6) is 0.724. The van der Waals surface area contributed by atoms with Gasteiger partial charge < -0.3 is 5.32 Å². The Morgan fingerprint density at radius 2 is 2.15 bits per heavy atom. The van der Waals surface area contributed by atoms with Gasteiger partial charge in [-0.15, -0.1) is 0 Å². The molecule has 1 heterocycles. The lowest BCUT2D eigenvalue weighted by molar-refractivity contribution is -0.384. The molecule has 1 unspecified atom stereocenters. The van der Waals surface area contributed by atoms with Crippen molar-refractivity contribution in [2.75, 3.05) is 26.2 Å². The Bertz CT molecular complexity index is 433. The van der Waals surface area contributed by atoms with Crippen LogP contribution in [0.3, 0.4) is 0 Å². The maximum Gasteiger partial charge on any atom is 0.269 e. The Morgan fingerprint density at radius 1 is 1.40 bits per heavy atom. The van der Waals surface area contributed by atoms with Crippen molar-refractivity contribution in [2.45, 2.75) is 26.3 Å². The van der Waals surface area contributed by atoms with Crippen LogP contribution in [-0.2, 0) is 6.54 Å². The molecule has 1 atom stereocenters. The second-order valence-electron chi connectivity index (χ2n) is 5.47. The van der Waals surface area contributed by atoms with E-state index in [-0.39, 0.29) is 10.6 Å². The van der Waals surface area contributed by atoms with Gasteiger partial charge in [0.25, 0.3) is 5.69 Å². The molecule has 5 heteroatoms. The number of nitrogens with one attached hydrogen (secondary N) is 1. The molecule has 0 spiro atoms. The first-order chi connectivity index (χ1) is 9.69. The van der Waals surface area contributed by atoms with E-state index < -0.39 is 0 Å². The largest absolute Gasteiger partial charge is 0.317 e. The number of hydrogen-bond donors (Lipinski definition) is 1. The minimum Gasteiger partial charge on any atom is -0.317 e. The standard InChI is InChI=1S/C15H23N3O2/c1-2-16-10-14-4-3-9-17(12-14)11-13-5-7-15(8-6-13)18(19)20/h5-8,14,16H,2-4,9-12H2,1H3. The van der Waals surface area contributed by atoms with Gasteiger partial charge in [0.2, 0.25) is 0 Å². The molecule has 1 N–H and O–H groups in total. The molecule has 1 aromatic carbocycles. The molecule has 0 saturated carbocycles. The van der Waals surface area contributed by atoms with Crippen molar-refractivity contribution in [1.29, 1.82) is 0 Å². The lowest BCUT2D eigenvalue weighted by Crippen LogP contribution is -2.39. The fraction of sp³-hybridized carbons (Fsp3) is 0.600. The van der Waals surface area contributed by atoms with E-state index in [1.54, 1.807) is 12.1 Å². The van der Waals surface area contributed by atoms with E-state index in [2.05, 4.69) is 17.1 Å². The van der Waals surface area contributed by atoms with Crippen molar-refractivity contribution in [1.82, 2.24) is 10.2 Å². The van der Waals surface area contributed by atoms with Crippen LogP contribution in [0, 0.1) is 16.0 Å². The molecular formula is C15H23N3O2. The molecule has 2 rings (SSSR count). The molecular weight excluding hydrogens is 254 g/mol. The molecule has 0 aliphatic carbocycles. The predicted molar refractivity (Wildman–Crippen MR) is 79.6 cm³/mol. The van der Waals surface area contributed by atoms with Crippen molar-refractivity contribution >= 4 is 5.69 Å². The number of benzene rings is 1. The number of rotatable bonds is 6. The summed E-state index contributed by atoms with van der Waals surface area (Å²) in [6, 6.07) is 6.92. The fourth-order valence-electron chi connectivity index (χ4n) is 2.79. The molecule has 20 heavy (non-hydrogen) atoms. The molecule has 0 bridgehead atoms. The summed E-state index contributed by atoms with van der Waals surface area (Å²) < 4.78 is 0. The molecule has 1 aliphatic rings. The van der Waals surface area contributed by atoms with Crippen LogP contribution in [0.2, 0.25) is 0 Å². The third-order valence-electron chi connectivity index (χ3n) is 3.84. The molecule has 1 saturated heterocycles. The van der Waals surface area contributed by atoms with Gasteiger partial charge >= 0.3 is 0 Å². The zero-order valence-corrected chi connectivity index (χ0v) is 12.0. The van der Waals surface area contributed by atoms with Crippen LogP contribution in [0.15, 0.2) is 24.3 Å². The summed E-state index contributed by atoms with van der Waals surface area (Å²) >= 11 is 0. The lowest BCUT2D eigenvalue weighted by atomic mass is 9.97. The number of nitro benzene ring substituents is 1. The van der Waals surface area contributed by atoms with E-state index in [1.165, 1.54) is 12.8 Å². The van der Waals surface area contributed by atoms with Gasteiger partial charge in [-0.3, -0.25) is 15.0 Å². The molecule has 1 aromatic rings. The predicted octanol–water partition coefficient (Wildman–Crippen LogP) is 2.42. The van der Waals surface area contributed by atoms with Crippen molar-refractivity contribution < 1.29 is 4.92 Å². The average molecular weight is 277 g/mol. The first-order valence-corrected chi connectivity index (χ1v) is 7.35. The van der Waals surface area contributed by atoms with Crippen molar-refractivity contribution in [2.24, 2.45) is 5.92 Å². The zero-order valence-electron chi connectivity index (χ0n) is 12.0. The zero-order chi connectivity index (χ0) is 14.4. The lowest BCUT2D eigenvalue weighted by Gasteiger charge is -2.32. The normalized spacial score (nSPS) is 19.9. The number of non-ortho nitro benzene ring substituents is 1. The summed E-state index contributed by atoms with van der Waals surface area (Å²) in [7, 11) is 0. The van der Waals surface area contributed by atoms with Crippen LogP contribution in [0.4, 0.5) is 5.69 Å². The maximum atomic E-state index is 10.6. The van der Waals surface area contributed by atoms with Gasteiger partial charge in [0.05, 0.1) is 4.92 Å². The molecule has 0 aromatic heterocycles. The van der Waals surface area contributed by atoms with Gasteiger partial charge in [0.1, 0.15) is 0 Å².